The molecule has 0 aliphatic carbocycles. The van der Waals surface area contributed by atoms with Crippen LogP contribution in [0.15, 0.2) is 0 Å². The van der Waals surface area contributed by atoms with Crippen molar-refractivity contribution in [3.63, 3.8) is 0 Å². The minimum absolute atomic E-state index is 0. The Bertz CT molecular complexity index is 73.0. The van der Waals surface area contributed by atoms with Crippen LogP contribution in [0.3, 0.4) is 0 Å². The van der Waals surface area contributed by atoms with Crippen LogP contribution in [0, 0.1) is 0 Å². The Labute approximate surface area is 57.0 Å². The van der Waals surface area contributed by atoms with Crippen molar-refractivity contribution in [1.29, 1.82) is 0 Å². The predicted molar refractivity (Wildman–Crippen MR) is 39.5 cm³/mol. The summed E-state index contributed by atoms with van der Waals surface area (Å²) in [7, 11) is 0. The first kappa shape index (κ1) is 8.92. The van der Waals surface area contributed by atoms with Crippen LogP contribution >= 0.6 is 0 Å². The van der Waals surface area contributed by atoms with Gasteiger partial charge in [-0.1, -0.05) is 6.42 Å². The minimum Gasteiger partial charge on any atom is -0.412 e. The lowest BCUT2D eigenvalue weighted by Crippen LogP contribution is -2.42. The molecule has 1 fully saturated rings. The molecular weight excluding hydrogens is 114 g/mol. The summed E-state index contributed by atoms with van der Waals surface area (Å²) >= 11 is 0. The third kappa shape index (κ3) is 2.82. The molecule has 2 heteroatoms. The number of piperidine rings is 1. The zero-order valence-electron chi connectivity index (χ0n) is 6.33. The van der Waals surface area contributed by atoms with E-state index >= 15 is 0 Å². The Kier molecular flexibility index (Phi) is 3.15. The van der Waals surface area contributed by atoms with Crippen molar-refractivity contribution in [3.05, 3.63) is 0 Å². The summed E-state index contributed by atoms with van der Waals surface area (Å²) in [5, 5.41) is 3.46. The molecule has 9 heavy (non-hydrogen) atoms. The van der Waals surface area contributed by atoms with E-state index in [9.17, 15) is 0 Å². The van der Waals surface area contributed by atoms with Crippen LogP contribution in [0.4, 0.5) is 0 Å². The third-order valence-electron chi connectivity index (χ3n) is 1.83. The van der Waals surface area contributed by atoms with Gasteiger partial charge in [-0.25, -0.2) is 0 Å². The summed E-state index contributed by atoms with van der Waals surface area (Å²) in [5.74, 6) is 0. The van der Waals surface area contributed by atoms with Crippen LogP contribution in [-0.2, 0) is 0 Å². The van der Waals surface area contributed by atoms with Crippen molar-refractivity contribution in [1.82, 2.24) is 5.32 Å². The molecule has 0 spiro atoms. The van der Waals surface area contributed by atoms with E-state index in [-0.39, 0.29) is 5.48 Å². The molecule has 0 atom stereocenters. The van der Waals surface area contributed by atoms with Crippen LogP contribution in [0.1, 0.15) is 33.1 Å². The molecule has 0 unspecified atom stereocenters. The lowest BCUT2D eigenvalue weighted by atomic mass is 9.93. The maximum absolute atomic E-state index is 3.46. The van der Waals surface area contributed by atoms with Gasteiger partial charge in [0.15, 0.2) is 0 Å². The fourth-order valence-electron chi connectivity index (χ4n) is 1.21. The molecule has 0 amide bonds. The smallest absolute Gasteiger partial charge is 0.0125 e. The highest BCUT2D eigenvalue weighted by atomic mass is 16.0. The van der Waals surface area contributed by atoms with Crippen molar-refractivity contribution in [2.75, 3.05) is 6.54 Å². The van der Waals surface area contributed by atoms with Crippen molar-refractivity contribution in [2.24, 2.45) is 0 Å². The van der Waals surface area contributed by atoms with Gasteiger partial charge < -0.3 is 10.8 Å². The topological polar surface area (TPSA) is 43.5 Å². The van der Waals surface area contributed by atoms with Crippen LogP contribution in [0.2, 0.25) is 0 Å². The first-order valence-corrected chi connectivity index (χ1v) is 3.46. The van der Waals surface area contributed by atoms with E-state index in [0.717, 1.165) is 0 Å². The first-order valence-electron chi connectivity index (χ1n) is 3.46. The Hall–Kier alpha value is -0.0800. The van der Waals surface area contributed by atoms with Crippen LogP contribution in [0.25, 0.3) is 0 Å². The molecule has 3 N–H and O–H groups in total. The first-order chi connectivity index (χ1) is 3.71. The lowest BCUT2D eigenvalue weighted by molar-refractivity contribution is 0.304. The van der Waals surface area contributed by atoms with Crippen LogP contribution < -0.4 is 5.32 Å². The second kappa shape index (κ2) is 3.18. The molecule has 1 aliphatic rings. The molecule has 1 rings (SSSR count). The average Bonchev–Trinajstić information content (AvgIpc) is 1.65. The Morgan fingerprint density at radius 1 is 1.22 bits per heavy atom. The standard InChI is InChI=1S/C7H15N.H2O/c1-7(2)5-3-4-6-8-7;/h8H,3-6H2,1-2H3;1H2. The van der Waals surface area contributed by atoms with Gasteiger partial charge >= 0.3 is 0 Å². The van der Waals surface area contributed by atoms with E-state index in [1.165, 1.54) is 25.8 Å². The van der Waals surface area contributed by atoms with E-state index in [0.29, 0.717) is 5.54 Å². The van der Waals surface area contributed by atoms with E-state index < -0.39 is 0 Å². The summed E-state index contributed by atoms with van der Waals surface area (Å²) in [6.07, 6.45) is 4.11. The quantitative estimate of drug-likeness (QED) is 0.517. The monoisotopic (exact) mass is 131 g/mol. The molecule has 2 nitrogen and oxygen atoms in total. The van der Waals surface area contributed by atoms with E-state index in [1.54, 1.807) is 0 Å². The van der Waals surface area contributed by atoms with Crippen molar-refractivity contribution in [2.45, 2.75) is 38.6 Å². The third-order valence-corrected chi connectivity index (χ3v) is 1.83. The summed E-state index contributed by atoms with van der Waals surface area (Å²) < 4.78 is 0. The maximum Gasteiger partial charge on any atom is 0.0125 e. The minimum atomic E-state index is 0. The largest absolute Gasteiger partial charge is 0.412 e. The van der Waals surface area contributed by atoms with Gasteiger partial charge in [-0.05, 0) is 33.2 Å². The molecular formula is C7H17NO. The average molecular weight is 131 g/mol. The zero-order valence-corrected chi connectivity index (χ0v) is 6.33. The normalized spacial score (nSPS) is 24.7. The van der Waals surface area contributed by atoms with Gasteiger partial charge in [-0.15, -0.1) is 0 Å². The molecule has 0 saturated carbocycles. The van der Waals surface area contributed by atoms with Gasteiger partial charge in [-0.2, -0.15) is 0 Å². The summed E-state index contributed by atoms with van der Waals surface area (Å²) in [4.78, 5) is 0. The summed E-state index contributed by atoms with van der Waals surface area (Å²) in [6, 6.07) is 0. The van der Waals surface area contributed by atoms with Gasteiger partial charge in [0.25, 0.3) is 0 Å². The molecule has 0 aromatic carbocycles. The highest BCUT2D eigenvalue weighted by Crippen LogP contribution is 2.16. The molecule has 1 saturated heterocycles. The predicted octanol–water partition coefficient (Wildman–Crippen LogP) is 0.714. The number of nitrogens with one attached hydrogen (secondary N) is 1. The van der Waals surface area contributed by atoms with Gasteiger partial charge in [0.05, 0.1) is 0 Å². The zero-order chi connectivity index (χ0) is 6.04. The van der Waals surface area contributed by atoms with Gasteiger partial charge in [0, 0.05) is 5.54 Å². The van der Waals surface area contributed by atoms with Crippen LogP contribution in [0.5, 0.6) is 0 Å². The highest BCUT2D eigenvalue weighted by molar-refractivity contribution is 4.80. The highest BCUT2D eigenvalue weighted by Gasteiger charge is 2.18. The molecule has 56 valence electrons. The summed E-state index contributed by atoms with van der Waals surface area (Å²) in [6.45, 7) is 5.76. The SMILES string of the molecule is CC1(C)CCCCN1.O. The number of hydrogen-bond acceptors (Lipinski definition) is 1. The fourth-order valence-corrected chi connectivity index (χ4v) is 1.21. The van der Waals surface area contributed by atoms with Crippen molar-refractivity contribution < 1.29 is 5.48 Å². The summed E-state index contributed by atoms with van der Waals surface area (Å²) in [5.41, 5.74) is 0.429. The van der Waals surface area contributed by atoms with Gasteiger partial charge in [0.2, 0.25) is 0 Å². The van der Waals surface area contributed by atoms with Gasteiger partial charge in [0.1, 0.15) is 0 Å². The Morgan fingerprint density at radius 3 is 2.11 bits per heavy atom. The van der Waals surface area contributed by atoms with E-state index in [4.69, 9.17) is 0 Å². The van der Waals surface area contributed by atoms with E-state index in [1.807, 2.05) is 0 Å². The fraction of sp³-hybridized carbons (Fsp3) is 1.00. The Balaban J connectivity index is 0.000000640. The Morgan fingerprint density at radius 2 is 1.89 bits per heavy atom. The molecule has 0 aromatic heterocycles. The maximum atomic E-state index is 3.46. The second-order valence-corrected chi connectivity index (χ2v) is 3.27. The molecule has 0 aromatic rings. The van der Waals surface area contributed by atoms with Crippen molar-refractivity contribution >= 4 is 0 Å². The number of hydrogen-bond donors (Lipinski definition) is 1. The second-order valence-electron chi connectivity index (χ2n) is 3.27. The van der Waals surface area contributed by atoms with E-state index in [2.05, 4.69) is 19.2 Å². The lowest BCUT2D eigenvalue weighted by Gasteiger charge is -2.30. The van der Waals surface area contributed by atoms with Crippen LogP contribution in [-0.4, -0.2) is 17.6 Å². The molecule has 1 aliphatic heterocycles. The number of rotatable bonds is 0. The molecule has 1 heterocycles. The van der Waals surface area contributed by atoms with Crippen molar-refractivity contribution in [3.8, 4) is 0 Å². The molecule has 0 bridgehead atoms. The molecule has 0 radical (unpaired) electrons. The van der Waals surface area contributed by atoms with Gasteiger partial charge in [-0.3, -0.25) is 0 Å².